The maximum atomic E-state index is 11.7. The highest BCUT2D eigenvalue weighted by Crippen LogP contribution is 2.16. The molecule has 0 aliphatic carbocycles. The number of hydrogen-bond acceptors (Lipinski definition) is 2. The number of rotatable bonds is 7. The third-order valence-electron chi connectivity index (χ3n) is 3.72. The standard InChI is InChI=1S/C19H22O2/c1-3-15(2)19(20)14-21-18-11-9-17(10-12-18)13-16-7-5-4-6-8-16/h4-12,15H,3,13-14H2,1-2H3. The van der Waals surface area contributed by atoms with Gasteiger partial charge in [0.1, 0.15) is 12.4 Å². The Balaban J connectivity index is 1.89. The van der Waals surface area contributed by atoms with Crippen molar-refractivity contribution in [3.63, 3.8) is 0 Å². The van der Waals surface area contributed by atoms with E-state index in [0.29, 0.717) is 0 Å². The van der Waals surface area contributed by atoms with E-state index in [1.807, 2.05) is 44.2 Å². The van der Waals surface area contributed by atoms with E-state index in [4.69, 9.17) is 4.74 Å². The molecule has 0 spiro atoms. The third kappa shape index (κ3) is 4.75. The van der Waals surface area contributed by atoms with Gasteiger partial charge in [-0.25, -0.2) is 0 Å². The molecule has 0 heterocycles. The molecule has 2 rings (SSSR count). The molecule has 2 aromatic rings. The first-order valence-electron chi connectivity index (χ1n) is 7.47. The molecule has 0 fully saturated rings. The van der Waals surface area contributed by atoms with E-state index < -0.39 is 0 Å². The first kappa shape index (κ1) is 15.3. The van der Waals surface area contributed by atoms with Gasteiger partial charge in [0.05, 0.1) is 0 Å². The Morgan fingerprint density at radius 3 is 2.24 bits per heavy atom. The van der Waals surface area contributed by atoms with Crippen LogP contribution in [0.2, 0.25) is 0 Å². The lowest BCUT2D eigenvalue weighted by molar-refractivity contribution is -0.124. The molecule has 21 heavy (non-hydrogen) atoms. The fourth-order valence-corrected chi connectivity index (χ4v) is 2.06. The van der Waals surface area contributed by atoms with Crippen LogP contribution in [-0.4, -0.2) is 12.4 Å². The number of Topliss-reactive ketones (excluding diaryl/α,β-unsaturated/α-hetero) is 1. The molecule has 0 aromatic heterocycles. The van der Waals surface area contributed by atoms with Gasteiger partial charge in [-0.15, -0.1) is 0 Å². The number of benzene rings is 2. The van der Waals surface area contributed by atoms with E-state index in [-0.39, 0.29) is 18.3 Å². The summed E-state index contributed by atoms with van der Waals surface area (Å²) in [4.78, 5) is 11.7. The van der Waals surface area contributed by atoms with Gasteiger partial charge in [0, 0.05) is 5.92 Å². The Kier molecular flexibility index (Phi) is 5.56. The monoisotopic (exact) mass is 282 g/mol. The van der Waals surface area contributed by atoms with E-state index in [1.54, 1.807) is 0 Å². The van der Waals surface area contributed by atoms with E-state index in [2.05, 4.69) is 24.3 Å². The van der Waals surface area contributed by atoms with Crippen molar-refractivity contribution in [1.29, 1.82) is 0 Å². The summed E-state index contributed by atoms with van der Waals surface area (Å²) in [7, 11) is 0. The summed E-state index contributed by atoms with van der Waals surface area (Å²) in [5.74, 6) is 0.983. The topological polar surface area (TPSA) is 26.3 Å². The SMILES string of the molecule is CCC(C)C(=O)COc1ccc(Cc2ccccc2)cc1. The molecule has 1 atom stereocenters. The van der Waals surface area contributed by atoms with E-state index >= 15 is 0 Å². The number of carbonyl (C=O) groups is 1. The first-order valence-corrected chi connectivity index (χ1v) is 7.47. The van der Waals surface area contributed by atoms with Crippen LogP contribution in [0.3, 0.4) is 0 Å². The molecule has 0 aliphatic rings. The van der Waals surface area contributed by atoms with E-state index in [0.717, 1.165) is 18.6 Å². The van der Waals surface area contributed by atoms with Gasteiger partial charge in [0.25, 0.3) is 0 Å². The molecule has 0 radical (unpaired) electrons. The molecule has 0 bridgehead atoms. The summed E-state index contributed by atoms with van der Waals surface area (Å²) in [6.07, 6.45) is 1.77. The minimum absolute atomic E-state index is 0.0716. The molecule has 0 saturated carbocycles. The van der Waals surface area contributed by atoms with Gasteiger partial charge in [-0.2, -0.15) is 0 Å². The average Bonchev–Trinajstić information content (AvgIpc) is 2.54. The molecular formula is C19H22O2. The zero-order valence-corrected chi connectivity index (χ0v) is 12.7. The van der Waals surface area contributed by atoms with Crippen LogP contribution in [-0.2, 0) is 11.2 Å². The molecule has 2 heteroatoms. The van der Waals surface area contributed by atoms with Gasteiger partial charge in [-0.05, 0) is 36.1 Å². The van der Waals surface area contributed by atoms with Crippen LogP contribution in [0.15, 0.2) is 54.6 Å². The Hall–Kier alpha value is -2.09. The maximum Gasteiger partial charge on any atom is 0.172 e. The molecule has 2 aromatic carbocycles. The highest BCUT2D eigenvalue weighted by atomic mass is 16.5. The molecule has 110 valence electrons. The van der Waals surface area contributed by atoms with Gasteiger partial charge >= 0.3 is 0 Å². The van der Waals surface area contributed by atoms with Crippen LogP contribution in [0.1, 0.15) is 31.4 Å². The van der Waals surface area contributed by atoms with Gasteiger partial charge < -0.3 is 4.74 Å². The molecule has 1 unspecified atom stereocenters. The summed E-state index contributed by atoms with van der Waals surface area (Å²) in [6.45, 7) is 4.11. The van der Waals surface area contributed by atoms with Crippen LogP contribution in [0.4, 0.5) is 0 Å². The number of carbonyl (C=O) groups excluding carboxylic acids is 1. The number of ether oxygens (including phenoxy) is 1. The summed E-state index contributed by atoms with van der Waals surface area (Å²) < 4.78 is 5.55. The maximum absolute atomic E-state index is 11.7. The van der Waals surface area contributed by atoms with Gasteiger partial charge in [0.2, 0.25) is 0 Å². The molecule has 0 amide bonds. The van der Waals surface area contributed by atoms with Crippen molar-refractivity contribution in [2.75, 3.05) is 6.61 Å². The number of hydrogen-bond donors (Lipinski definition) is 0. The third-order valence-corrected chi connectivity index (χ3v) is 3.72. The number of ketones is 1. The second-order valence-electron chi connectivity index (χ2n) is 5.37. The predicted octanol–water partition coefficient (Wildman–Crippen LogP) is 4.27. The Labute approximate surface area is 126 Å². The van der Waals surface area contributed by atoms with Crippen molar-refractivity contribution in [2.24, 2.45) is 5.92 Å². The molecular weight excluding hydrogens is 260 g/mol. The zero-order valence-electron chi connectivity index (χ0n) is 12.7. The van der Waals surface area contributed by atoms with Crippen molar-refractivity contribution in [1.82, 2.24) is 0 Å². The van der Waals surface area contributed by atoms with Crippen molar-refractivity contribution in [3.05, 3.63) is 65.7 Å². The Morgan fingerprint density at radius 1 is 1.00 bits per heavy atom. The highest BCUT2D eigenvalue weighted by molar-refractivity contribution is 5.82. The second kappa shape index (κ2) is 7.63. The highest BCUT2D eigenvalue weighted by Gasteiger charge is 2.11. The van der Waals surface area contributed by atoms with Gasteiger partial charge in [0.15, 0.2) is 5.78 Å². The fourth-order valence-electron chi connectivity index (χ4n) is 2.06. The molecule has 0 saturated heterocycles. The van der Waals surface area contributed by atoms with E-state index in [9.17, 15) is 4.79 Å². The first-order chi connectivity index (χ1) is 10.2. The summed E-state index contributed by atoms with van der Waals surface area (Å²) in [6, 6.07) is 18.3. The van der Waals surface area contributed by atoms with Crippen molar-refractivity contribution in [2.45, 2.75) is 26.7 Å². The molecule has 0 N–H and O–H groups in total. The van der Waals surface area contributed by atoms with Crippen LogP contribution >= 0.6 is 0 Å². The second-order valence-corrected chi connectivity index (χ2v) is 5.37. The van der Waals surface area contributed by atoms with Gasteiger partial charge in [-0.1, -0.05) is 56.3 Å². The van der Waals surface area contributed by atoms with Crippen molar-refractivity contribution < 1.29 is 9.53 Å². The van der Waals surface area contributed by atoms with Crippen LogP contribution in [0.25, 0.3) is 0 Å². The normalized spacial score (nSPS) is 11.9. The lowest BCUT2D eigenvalue weighted by Gasteiger charge is -2.10. The average molecular weight is 282 g/mol. The van der Waals surface area contributed by atoms with Crippen molar-refractivity contribution in [3.8, 4) is 5.75 Å². The van der Waals surface area contributed by atoms with Crippen molar-refractivity contribution >= 4 is 5.78 Å². The van der Waals surface area contributed by atoms with Crippen LogP contribution < -0.4 is 4.74 Å². The van der Waals surface area contributed by atoms with Crippen LogP contribution in [0, 0.1) is 5.92 Å². The zero-order chi connectivity index (χ0) is 15.1. The molecule has 0 aliphatic heterocycles. The largest absolute Gasteiger partial charge is 0.486 e. The van der Waals surface area contributed by atoms with Gasteiger partial charge in [-0.3, -0.25) is 4.79 Å². The summed E-state index contributed by atoms with van der Waals surface area (Å²) in [5, 5.41) is 0. The van der Waals surface area contributed by atoms with Crippen LogP contribution in [0.5, 0.6) is 5.75 Å². The predicted molar refractivity (Wildman–Crippen MR) is 85.6 cm³/mol. The lowest BCUT2D eigenvalue weighted by atomic mass is 10.0. The Bertz CT molecular complexity index is 558. The molecule has 2 nitrogen and oxygen atoms in total. The minimum atomic E-state index is 0.0716. The summed E-state index contributed by atoms with van der Waals surface area (Å²) in [5.41, 5.74) is 2.53. The fraction of sp³-hybridized carbons (Fsp3) is 0.316. The Morgan fingerprint density at radius 2 is 1.62 bits per heavy atom. The quantitative estimate of drug-likeness (QED) is 0.758. The minimum Gasteiger partial charge on any atom is -0.486 e. The smallest absolute Gasteiger partial charge is 0.172 e. The van der Waals surface area contributed by atoms with E-state index in [1.165, 1.54) is 11.1 Å². The lowest BCUT2D eigenvalue weighted by Crippen LogP contribution is -2.18. The summed E-state index contributed by atoms with van der Waals surface area (Å²) >= 11 is 0.